The van der Waals surface area contributed by atoms with E-state index in [-0.39, 0.29) is 12.4 Å². The molecule has 10 heteroatoms. The highest BCUT2D eigenvalue weighted by Gasteiger charge is 2.45. The first-order chi connectivity index (χ1) is 14.5. The Balaban J connectivity index is 1.84. The Hall–Kier alpha value is -2.74. The number of ether oxygens (including phenoxy) is 2. The molecule has 1 aromatic rings. The van der Waals surface area contributed by atoms with Gasteiger partial charge in [0.1, 0.15) is 23.9 Å². The lowest BCUT2D eigenvalue weighted by Crippen LogP contribution is -2.32. The molecular weight excluding hydrogens is 392 g/mol. The maximum absolute atomic E-state index is 12.3. The van der Waals surface area contributed by atoms with E-state index in [9.17, 15) is 25.1 Å². The lowest BCUT2D eigenvalue weighted by Gasteiger charge is -2.16. The van der Waals surface area contributed by atoms with E-state index < -0.39 is 42.7 Å². The normalized spacial score (nSPS) is 23.4. The molecule has 1 saturated heterocycles. The van der Waals surface area contributed by atoms with Gasteiger partial charge in [0, 0.05) is 6.20 Å². The van der Waals surface area contributed by atoms with E-state index in [0.29, 0.717) is 0 Å². The lowest BCUT2D eigenvalue weighted by molar-refractivity contribution is -0.0469. The first-order valence-electron chi connectivity index (χ1n) is 10.0. The summed E-state index contributed by atoms with van der Waals surface area (Å²) in [5.74, 6) is -1.04. The zero-order valence-electron chi connectivity index (χ0n) is 16.9. The largest absolute Gasteiger partial charge is 0.449 e. The van der Waals surface area contributed by atoms with E-state index in [1.807, 2.05) is 6.07 Å². The van der Waals surface area contributed by atoms with Crippen LogP contribution in [0.25, 0.3) is 0 Å². The molecule has 2 rings (SSSR count). The molecule has 0 bridgehead atoms. The van der Waals surface area contributed by atoms with Crippen LogP contribution < -0.4 is 11.0 Å². The second-order valence-electron chi connectivity index (χ2n) is 6.89. The van der Waals surface area contributed by atoms with Crippen molar-refractivity contribution in [1.82, 2.24) is 9.55 Å². The number of hydrogen-bond donors (Lipinski definition) is 3. The molecule has 3 N–H and O–H groups in total. The van der Waals surface area contributed by atoms with Gasteiger partial charge in [-0.3, -0.25) is 9.88 Å². The monoisotopic (exact) mass is 420 g/mol. The summed E-state index contributed by atoms with van der Waals surface area (Å²) in [5, 5.41) is 30.8. The van der Waals surface area contributed by atoms with E-state index >= 15 is 0 Å². The molecule has 0 saturated carbocycles. The Morgan fingerprint density at radius 1 is 1.43 bits per heavy atom. The molecule has 30 heavy (non-hydrogen) atoms. The third-order valence-electron chi connectivity index (χ3n) is 4.68. The van der Waals surface area contributed by atoms with Gasteiger partial charge in [-0.2, -0.15) is 10.2 Å². The average Bonchev–Trinajstić information content (AvgIpc) is 3.05. The van der Waals surface area contributed by atoms with Gasteiger partial charge in [-0.05, 0) is 38.2 Å². The van der Waals surface area contributed by atoms with Crippen LogP contribution in [0.3, 0.4) is 0 Å². The summed E-state index contributed by atoms with van der Waals surface area (Å²) in [5.41, 5.74) is -0.774. The first kappa shape index (κ1) is 23.5. The van der Waals surface area contributed by atoms with E-state index in [0.717, 1.165) is 36.7 Å². The maximum atomic E-state index is 12.3. The van der Waals surface area contributed by atoms with Crippen LogP contribution >= 0.6 is 0 Å². The molecule has 0 spiro atoms. The number of nitrogens with one attached hydrogen (secondary N) is 1. The summed E-state index contributed by atoms with van der Waals surface area (Å²) in [6.45, 7) is 1.86. The minimum atomic E-state index is -1.23. The smallest absolute Gasteiger partial charge is 0.412 e. The van der Waals surface area contributed by atoms with Crippen LogP contribution in [-0.4, -0.2) is 51.3 Å². The third-order valence-corrected chi connectivity index (χ3v) is 4.68. The molecule has 0 aromatic carbocycles. The predicted molar refractivity (Wildman–Crippen MR) is 107 cm³/mol. The van der Waals surface area contributed by atoms with Gasteiger partial charge in [0.05, 0.1) is 19.3 Å². The molecule has 1 amide bonds. The Morgan fingerprint density at radius 3 is 2.90 bits per heavy atom. The van der Waals surface area contributed by atoms with Crippen molar-refractivity contribution < 1.29 is 24.5 Å². The van der Waals surface area contributed by atoms with Crippen molar-refractivity contribution in [2.45, 2.75) is 57.5 Å². The van der Waals surface area contributed by atoms with Crippen LogP contribution in [0.15, 0.2) is 29.2 Å². The number of carbonyl (C=O) groups excluding carboxylic acids is 1. The van der Waals surface area contributed by atoms with E-state index in [1.54, 1.807) is 0 Å². The highest BCUT2D eigenvalue weighted by Crippen LogP contribution is 2.33. The van der Waals surface area contributed by atoms with Gasteiger partial charge in [0.25, 0.3) is 0 Å². The number of aliphatic hydroxyl groups excluding tert-OH is 2. The first-order valence-corrected chi connectivity index (χ1v) is 10.0. The number of aliphatic hydroxyl groups is 2. The molecule has 1 aromatic heterocycles. The van der Waals surface area contributed by atoms with Crippen LogP contribution in [0, 0.1) is 17.2 Å². The van der Waals surface area contributed by atoms with Crippen molar-refractivity contribution >= 4 is 11.9 Å². The number of rotatable bonds is 10. The van der Waals surface area contributed by atoms with Crippen molar-refractivity contribution in [3.8, 4) is 6.07 Å². The summed E-state index contributed by atoms with van der Waals surface area (Å²) in [6, 6.07) is 3.24. The lowest BCUT2D eigenvalue weighted by atomic mass is 10.0. The fraction of sp³-hybridized carbons (Fsp3) is 0.600. The summed E-state index contributed by atoms with van der Waals surface area (Å²) < 4.78 is 11.5. The third kappa shape index (κ3) is 6.38. The van der Waals surface area contributed by atoms with Crippen molar-refractivity contribution in [2.24, 2.45) is 5.92 Å². The van der Waals surface area contributed by atoms with Gasteiger partial charge >= 0.3 is 11.8 Å². The van der Waals surface area contributed by atoms with Gasteiger partial charge in [0.15, 0.2) is 6.23 Å². The molecule has 2 heterocycles. The number of amides is 1. The highest BCUT2D eigenvalue weighted by atomic mass is 16.6. The fourth-order valence-electron chi connectivity index (χ4n) is 3.08. The van der Waals surface area contributed by atoms with Gasteiger partial charge in [-0.15, -0.1) is 0 Å². The van der Waals surface area contributed by atoms with E-state index in [2.05, 4.69) is 29.4 Å². The van der Waals surface area contributed by atoms with Crippen LogP contribution in [0.5, 0.6) is 0 Å². The Kier molecular flexibility index (Phi) is 9.47. The number of carbonyl (C=O) groups is 1. The number of aromatic nitrogens is 2. The molecule has 1 fully saturated rings. The minimum Gasteiger partial charge on any atom is -0.449 e. The molecule has 0 radical (unpaired) electrons. The maximum Gasteiger partial charge on any atom is 0.412 e. The van der Waals surface area contributed by atoms with Crippen molar-refractivity contribution in [3.05, 3.63) is 34.9 Å². The minimum absolute atomic E-state index is 0.00304. The van der Waals surface area contributed by atoms with E-state index in [4.69, 9.17) is 9.47 Å². The Bertz CT molecular complexity index is 818. The Labute approximate surface area is 174 Å². The molecule has 10 nitrogen and oxygen atoms in total. The summed E-state index contributed by atoms with van der Waals surface area (Å²) in [6.07, 6.45) is 6.31. The molecule has 4 atom stereocenters. The number of nitrogens with zero attached hydrogens (tertiary/aromatic N) is 3. The fourth-order valence-corrected chi connectivity index (χ4v) is 3.08. The Morgan fingerprint density at radius 2 is 2.23 bits per heavy atom. The topological polar surface area (TPSA) is 147 Å². The van der Waals surface area contributed by atoms with Gasteiger partial charge in [0.2, 0.25) is 0 Å². The summed E-state index contributed by atoms with van der Waals surface area (Å²) in [7, 11) is 0. The van der Waals surface area contributed by atoms with Crippen LogP contribution in [0.2, 0.25) is 0 Å². The molecule has 0 aliphatic carbocycles. The second-order valence-corrected chi connectivity index (χ2v) is 6.89. The van der Waals surface area contributed by atoms with Gasteiger partial charge in [-0.1, -0.05) is 19.1 Å². The number of allylic oxidation sites excluding steroid dienone is 2. The number of unbranched alkanes of at least 4 members (excludes halogenated alkanes) is 3. The van der Waals surface area contributed by atoms with Crippen LogP contribution in [-0.2, 0) is 9.47 Å². The average molecular weight is 420 g/mol. The number of anilines is 1. The highest BCUT2D eigenvalue weighted by molar-refractivity contribution is 5.83. The van der Waals surface area contributed by atoms with Gasteiger partial charge in [-0.25, -0.2) is 9.59 Å². The zero-order chi connectivity index (χ0) is 21.9. The van der Waals surface area contributed by atoms with E-state index in [1.165, 1.54) is 12.3 Å². The van der Waals surface area contributed by atoms with Crippen molar-refractivity contribution in [3.63, 3.8) is 0 Å². The van der Waals surface area contributed by atoms with Crippen LogP contribution in [0.4, 0.5) is 10.6 Å². The van der Waals surface area contributed by atoms with Gasteiger partial charge < -0.3 is 19.7 Å². The molecular formula is C20H28N4O6. The number of nitriles is 1. The number of hydrogen-bond acceptors (Lipinski definition) is 8. The molecule has 1 aliphatic heterocycles. The quantitative estimate of drug-likeness (QED) is 0.383. The summed E-state index contributed by atoms with van der Waals surface area (Å²) in [4.78, 5) is 27.9. The second kappa shape index (κ2) is 12.1. The van der Waals surface area contributed by atoms with Crippen molar-refractivity contribution in [2.75, 3.05) is 18.5 Å². The zero-order valence-corrected chi connectivity index (χ0v) is 16.9. The predicted octanol–water partition coefficient (Wildman–Crippen LogP) is 1.71. The summed E-state index contributed by atoms with van der Waals surface area (Å²) >= 11 is 0. The standard InChI is InChI=1S/C20H28N4O6/c1-2-3-4-5-6-7-8-11-29-20(28)23-16-9-10-24(19(27)22-16)18-14(12-21)17(26)15(13-25)30-18/h3-4,9-10,14-15,17-18,25-26H,2,5-8,11,13H2,1H3,(H,22,23,27,28)/b4-3-/t14-,15+,17-,18+/m0/s1. The molecule has 164 valence electrons. The molecule has 0 unspecified atom stereocenters. The molecule has 1 aliphatic rings. The SMILES string of the molecule is CC/C=C\CCCCCOC(=O)Nc1ccn([C@@H]2O[C@H](CO)[C@@H](O)[C@@H]2C#N)c(=O)n1. The van der Waals surface area contributed by atoms with Crippen molar-refractivity contribution in [1.29, 1.82) is 5.26 Å². The van der Waals surface area contributed by atoms with Crippen LogP contribution in [0.1, 0.15) is 45.3 Å².